The fourth-order valence-corrected chi connectivity index (χ4v) is 1.47. The van der Waals surface area contributed by atoms with E-state index in [9.17, 15) is 9.59 Å². The average Bonchev–Trinajstić information content (AvgIpc) is 2.34. The summed E-state index contributed by atoms with van der Waals surface area (Å²) < 4.78 is 10.1. The Morgan fingerprint density at radius 1 is 1.11 bits per heavy atom. The summed E-state index contributed by atoms with van der Waals surface area (Å²) in [4.78, 5) is 21.9. The molecule has 4 nitrogen and oxygen atoms in total. The second-order valence-corrected chi connectivity index (χ2v) is 4.30. The third-order valence-electron chi connectivity index (χ3n) is 2.43. The van der Waals surface area contributed by atoms with Crippen LogP contribution in [0.2, 0.25) is 0 Å². The summed E-state index contributed by atoms with van der Waals surface area (Å²) in [5.74, 6) is -0.730. The maximum Gasteiger partial charge on any atom is 0.302 e. The molecule has 0 aliphatic rings. The highest BCUT2D eigenvalue weighted by Gasteiger charge is 2.29. The average molecular weight is 266 g/mol. The first-order valence-corrected chi connectivity index (χ1v) is 6.14. The molecule has 0 amide bonds. The van der Waals surface area contributed by atoms with Gasteiger partial charge in [0.2, 0.25) is 0 Å². The van der Waals surface area contributed by atoms with Gasteiger partial charge in [-0.3, -0.25) is 9.59 Å². The zero-order valence-corrected chi connectivity index (χ0v) is 11.8. The van der Waals surface area contributed by atoms with Crippen molar-refractivity contribution in [1.82, 2.24) is 0 Å². The Labute approximate surface area is 114 Å². The van der Waals surface area contributed by atoms with Crippen LogP contribution >= 0.6 is 0 Å². The molecule has 0 atom stereocenters. The first-order valence-electron chi connectivity index (χ1n) is 6.14. The van der Waals surface area contributed by atoms with Crippen molar-refractivity contribution in [1.29, 1.82) is 0 Å². The number of esters is 2. The van der Waals surface area contributed by atoms with Gasteiger partial charge in [-0.2, -0.15) is 0 Å². The molecule has 0 heterocycles. The fourth-order valence-electron chi connectivity index (χ4n) is 1.47. The Bertz CT molecular complexity index is 348. The zero-order valence-electron chi connectivity index (χ0n) is 11.8. The van der Waals surface area contributed by atoms with Crippen LogP contribution in [0, 0.1) is 5.41 Å². The van der Waals surface area contributed by atoms with Crippen molar-refractivity contribution in [3.63, 3.8) is 0 Å². The summed E-state index contributed by atoms with van der Waals surface area (Å²) in [6.45, 7) is 8.59. The molecule has 0 saturated heterocycles. The molecular formula is C15H22O4. The number of hydrogen-bond acceptors (Lipinski definition) is 4. The van der Waals surface area contributed by atoms with Crippen molar-refractivity contribution in [2.24, 2.45) is 5.41 Å². The van der Waals surface area contributed by atoms with Gasteiger partial charge in [-0.1, -0.05) is 30.4 Å². The molecule has 0 aromatic rings. The van der Waals surface area contributed by atoms with Crippen LogP contribution in [0.25, 0.3) is 0 Å². The molecule has 0 radical (unpaired) electrons. The van der Waals surface area contributed by atoms with E-state index < -0.39 is 5.41 Å². The minimum atomic E-state index is -0.571. The van der Waals surface area contributed by atoms with E-state index in [2.05, 4.69) is 6.58 Å². The lowest BCUT2D eigenvalue weighted by Gasteiger charge is -2.28. The smallest absolute Gasteiger partial charge is 0.302 e. The number of hydrogen-bond donors (Lipinski definition) is 0. The van der Waals surface area contributed by atoms with Crippen molar-refractivity contribution in [3.05, 3.63) is 37.0 Å². The van der Waals surface area contributed by atoms with Crippen LogP contribution in [0.1, 0.15) is 27.2 Å². The Hall–Kier alpha value is -1.84. The molecule has 0 spiro atoms. The van der Waals surface area contributed by atoms with E-state index in [-0.39, 0.29) is 25.2 Å². The van der Waals surface area contributed by atoms with Gasteiger partial charge in [0.1, 0.15) is 13.2 Å². The molecule has 0 unspecified atom stereocenters. The van der Waals surface area contributed by atoms with Gasteiger partial charge in [-0.05, 0) is 13.3 Å². The maximum atomic E-state index is 11.0. The van der Waals surface area contributed by atoms with Gasteiger partial charge in [-0.15, -0.1) is 6.58 Å². The van der Waals surface area contributed by atoms with Crippen molar-refractivity contribution in [3.8, 4) is 0 Å². The van der Waals surface area contributed by atoms with Crippen LogP contribution in [-0.4, -0.2) is 25.2 Å². The molecular weight excluding hydrogens is 244 g/mol. The van der Waals surface area contributed by atoms with Crippen molar-refractivity contribution >= 4 is 11.9 Å². The van der Waals surface area contributed by atoms with Crippen LogP contribution in [0.4, 0.5) is 0 Å². The van der Waals surface area contributed by atoms with Gasteiger partial charge in [0, 0.05) is 13.8 Å². The number of carbonyl (C=O) groups is 2. The van der Waals surface area contributed by atoms with Crippen molar-refractivity contribution < 1.29 is 19.1 Å². The molecule has 0 aromatic carbocycles. The highest BCUT2D eigenvalue weighted by Crippen LogP contribution is 2.26. The maximum absolute atomic E-state index is 11.0. The Morgan fingerprint density at radius 3 is 2.00 bits per heavy atom. The number of allylic oxidation sites excluding steroid dienone is 4. The molecule has 0 aliphatic heterocycles. The summed E-state index contributed by atoms with van der Waals surface area (Å²) in [6.07, 6.45) is 9.72. The van der Waals surface area contributed by atoms with E-state index in [0.717, 1.165) is 0 Å². The summed E-state index contributed by atoms with van der Waals surface area (Å²) in [7, 11) is 0. The van der Waals surface area contributed by atoms with Crippen LogP contribution < -0.4 is 0 Å². The van der Waals surface area contributed by atoms with E-state index in [1.54, 1.807) is 6.08 Å². The largest absolute Gasteiger partial charge is 0.465 e. The number of ether oxygens (including phenoxy) is 2. The topological polar surface area (TPSA) is 52.6 Å². The zero-order chi connectivity index (χ0) is 14.7. The SMILES string of the molecule is C=CCC(/C=C/C=C/C)(COC(C)=O)COC(C)=O. The Balaban J connectivity index is 5.00. The summed E-state index contributed by atoms with van der Waals surface area (Å²) in [5.41, 5.74) is -0.571. The van der Waals surface area contributed by atoms with Gasteiger partial charge in [-0.25, -0.2) is 0 Å². The monoisotopic (exact) mass is 266 g/mol. The van der Waals surface area contributed by atoms with Crippen molar-refractivity contribution in [2.75, 3.05) is 13.2 Å². The van der Waals surface area contributed by atoms with Gasteiger partial charge < -0.3 is 9.47 Å². The summed E-state index contributed by atoms with van der Waals surface area (Å²) >= 11 is 0. The molecule has 0 aromatic heterocycles. The molecule has 0 aliphatic carbocycles. The van der Waals surface area contributed by atoms with E-state index in [4.69, 9.17) is 9.47 Å². The van der Waals surface area contributed by atoms with Gasteiger partial charge in [0.05, 0.1) is 5.41 Å². The van der Waals surface area contributed by atoms with E-state index in [1.807, 2.05) is 31.2 Å². The van der Waals surface area contributed by atoms with Crippen LogP contribution in [0.15, 0.2) is 37.0 Å². The lowest BCUT2D eigenvalue weighted by Crippen LogP contribution is -2.31. The summed E-state index contributed by atoms with van der Waals surface area (Å²) in [5, 5.41) is 0. The van der Waals surface area contributed by atoms with Gasteiger partial charge >= 0.3 is 11.9 Å². The summed E-state index contributed by atoms with van der Waals surface area (Å²) in [6, 6.07) is 0. The highest BCUT2D eigenvalue weighted by molar-refractivity contribution is 5.66. The molecule has 0 N–H and O–H groups in total. The number of carbonyl (C=O) groups excluding carboxylic acids is 2. The van der Waals surface area contributed by atoms with Crippen LogP contribution in [0.3, 0.4) is 0 Å². The van der Waals surface area contributed by atoms with E-state index in [1.165, 1.54) is 13.8 Å². The van der Waals surface area contributed by atoms with Gasteiger partial charge in [0.25, 0.3) is 0 Å². The Kier molecular flexibility index (Phi) is 8.25. The molecule has 19 heavy (non-hydrogen) atoms. The second-order valence-electron chi connectivity index (χ2n) is 4.30. The van der Waals surface area contributed by atoms with Gasteiger partial charge in [0.15, 0.2) is 0 Å². The third kappa shape index (κ3) is 7.97. The minimum Gasteiger partial charge on any atom is -0.465 e. The van der Waals surface area contributed by atoms with E-state index in [0.29, 0.717) is 6.42 Å². The first-order chi connectivity index (χ1) is 8.95. The predicted molar refractivity (Wildman–Crippen MR) is 74.5 cm³/mol. The molecule has 0 bridgehead atoms. The lowest BCUT2D eigenvalue weighted by atomic mass is 9.85. The number of rotatable bonds is 8. The van der Waals surface area contributed by atoms with E-state index >= 15 is 0 Å². The third-order valence-corrected chi connectivity index (χ3v) is 2.43. The van der Waals surface area contributed by atoms with Crippen molar-refractivity contribution in [2.45, 2.75) is 27.2 Å². The molecule has 4 heteroatoms. The van der Waals surface area contributed by atoms with Crippen LogP contribution in [0.5, 0.6) is 0 Å². The standard InChI is InChI=1S/C15H22O4/c1-5-7-8-10-15(9-6-2,11-18-13(3)16)12-19-14(4)17/h5-8,10H,2,9,11-12H2,1,3-4H3/b7-5+,10-8+. The fraction of sp³-hybridized carbons (Fsp3) is 0.467. The molecule has 0 saturated carbocycles. The predicted octanol–water partition coefficient (Wildman–Crippen LogP) is 2.81. The quantitative estimate of drug-likeness (QED) is 0.385. The van der Waals surface area contributed by atoms with Crippen LogP contribution in [-0.2, 0) is 19.1 Å². The highest BCUT2D eigenvalue weighted by atomic mass is 16.5. The lowest BCUT2D eigenvalue weighted by molar-refractivity contribution is -0.149. The molecule has 0 rings (SSSR count). The molecule has 0 fully saturated rings. The second kappa shape index (κ2) is 9.14. The minimum absolute atomic E-state index is 0.148. The molecule has 106 valence electrons. The Morgan fingerprint density at radius 2 is 1.63 bits per heavy atom. The first kappa shape index (κ1) is 17.2. The normalized spacial score (nSPS) is 11.7.